The highest BCUT2D eigenvalue weighted by Crippen LogP contribution is 2.39. The molecule has 1 saturated heterocycles. The number of methoxy groups -OCH3 is 1. The van der Waals surface area contributed by atoms with Gasteiger partial charge < -0.3 is 15.0 Å². The highest BCUT2D eigenvalue weighted by atomic mass is 35.5. The molecule has 2 aromatic rings. The average Bonchev–Trinajstić information content (AvgIpc) is 2.72. The van der Waals surface area contributed by atoms with Gasteiger partial charge in [-0.15, -0.1) is 24.2 Å². The second-order valence-corrected chi connectivity index (χ2v) is 8.35. The lowest BCUT2D eigenvalue weighted by Crippen LogP contribution is -2.55. The Morgan fingerprint density at radius 3 is 2.45 bits per heavy atom. The SMILES string of the molecule is COc1cc(C(F)(F)F)cc(SC)c1C(=O)NC1(c2ccccc2)CCCN(C)C1.Cl. The summed E-state index contributed by atoms with van der Waals surface area (Å²) in [6, 6.07) is 11.6. The number of hydrogen-bond donors (Lipinski definition) is 1. The number of benzene rings is 2. The topological polar surface area (TPSA) is 41.6 Å². The van der Waals surface area contributed by atoms with Crippen LogP contribution in [0.3, 0.4) is 0 Å². The number of halogens is 4. The summed E-state index contributed by atoms with van der Waals surface area (Å²) in [6.07, 6.45) is -1.24. The maximum atomic E-state index is 13.4. The largest absolute Gasteiger partial charge is 0.496 e. The molecule has 9 heteroatoms. The Kier molecular flexibility index (Phi) is 8.30. The molecule has 1 aliphatic rings. The van der Waals surface area contributed by atoms with E-state index < -0.39 is 23.2 Å². The Morgan fingerprint density at radius 2 is 1.90 bits per heavy atom. The molecule has 0 radical (unpaired) electrons. The standard InChI is InChI=1S/C22H25F3N2O2S.ClH/c1-27-11-7-10-21(14-27,15-8-5-4-6-9-15)26-20(28)19-17(29-2)12-16(22(23,24)25)13-18(19)30-3;/h4-6,8-9,12-13H,7,10-11,14H2,1-3H3,(H,26,28);1H. The van der Waals surface area contributed by atoms with Crippen molar-refractivity contribution in [3.8, 4) is 5.75 Å². The van der Waals surface area contributed by atoms with E-state index in [4.69, 9.17) is 4.74 Å². The summed E-state index contributed by atoms with van der Waals surface area (Å²) in [4.78, 5) is 15.8. The molecule has 1 unspecified atom stereocenters. The first kappa shape index (κ1) is 25.4. The Bertz CT molecular complexity index is 886. The van der Waals surface area contributed by atoms with Crippen molar-refractivity contribution >= 4 is 30.1 Å². The van der Waals surface area contributed by atoms with Crippen LogP contribution in [-0.4, -0.2) is 44.3 Å². The number of hydrogen-bond acceptors (Lipinski definition) is 4. The predicted octanol–water partition coefficient (Wildman–Crippen LogP) is 5.21. The van der Waals surface area contributed by atoms with E-state index >= 15 is 0 Å². The van der Waals surface area contributed by atoms with E-state index in [0.717, 1.165) is 48.8 Å². The molecule has 1 amide bonds. The molecule has 0 aromatic heterocycles. The maximum absolute atomic E-state index is 13.4. The summed E-state index contributed by atoms with van der Waals surface area (Å²) >= 11 is 1.09. The number of nitrogens with one attached hydrogen (secondary N) is 1. The molecule has 0 bridgehead atoms. The third-order valence-electron chi connectivity index (χ3n) is 5.42. The Labute approximate surface area is 190 Å². The minimum absolute atomic E-state index is 0. The minimum atomic E-state index is -4.52. The van der Waals surface area contributed by atoms with Crippen LogP contribution in [0.5, 0.6) is 5.75 Å². The fourth-order valence-corrected chi connectivity index (χ4v) is 4.66. The van der Waals surface area contributed by atoms with Crippen molar-refractivity contribution in [2.24, 2.45) is 0 Å². The van der Waals surface area contributed by atoms with Crippen LogP contribution in [0, 0.1) is 0 Å². The number of thioether (sulfide) groups is 1. The molecule has 4 nitrogen and oxygen atoms in total. The van der Waals surface area contributed by atoms with Crippen LogP contribution in [0.2, 0.25) is 0 Å². The summed E-state index contributed by atoms with van der Waals surface area (Å²) in [5.74, 6) is -0.525. The lowest BCUT2D eigenvalue weighted by atomic mass is 9.82. The number of ether oxygens (including phenoxy) is 1. The number of alkyl halides is 3. The van der Waals surface area contributed by atoms with Crippen LogP contribution in [0.15, 0.2) is 47.4 Å². The summed E-state index contributed by atoms with van der Waals surface area (Å²) in [5.41, 5.74) is -0.368. The minimum Gasteiger partial charge on any atom is -0.496 e. The van der Waals surface area contributed by atoms with Gasteiger partial charge >= 0.3 is 6.18 Å². The summed E-state index contributed by atoms with van der Waals surface area (Å²) in [7, 11) is 3.27. The number of amides is 1. The third-order valence-corrected chi connectivity index (χ3v) is 6.18. The molecule has 170 valence electrons. The van der Waals surface area contributed by atoms with Crippen molar-refractivity contribution < 1.29 is 22.7 Å². The van der Waals surface area contributed by atoms with Crippen LogP contribution >= 0.6 is 24.2 Å². The highest BCUT2D eigenvalue weighted by Gasteiger charge is 2.39. The number of carbonyl (C=O) groups is 1. The van der Waals surface area contributed by atoms with Crippen LogP contribution in [0.1, 0.15) is 34.3 Å². The smallest absolute Gasteiger partial charge is 0.416 e. The van der Waals surface area contributed by atoms with Crippen LogP contribution in [0.25, 0.3) is 0 Å². The molecule has 1 aliphatic heterocycles. The van der Waals surface area contributed by atoms with E-state index in [2.05, 4.69) is 10.2 Å². The monoisotopic (exact) mass is 474 g/mol. The normalized spacial score (nSPS) is 19.4. The fraction of sp³-hybridized carbons (Fsp3) is 0.409. The van der Waals surface area contributed by atoms with Gasteiger partial charge in [0, 0.05) is 11.4 Å². The average molecular weight is 475 g/mol. The van der Waals surface area contributed by atoms with Gasteiger partial charge in [0.15, 0.2) is 0 Å². The van der Waals surface area contributed by atoms with E-state index in [1.165, 1.54) is 7.11 Å². The first-order valence-electron chi connectivity index (χ1n) is 9.60. The Balaban J connectivity index is 0.00000341. The number of likely N-dealkylation sites (N-methyl/N-ethyl adjacent to an activating group) is 1. The number of likely N-dealkylation sites (tertiary alicyclic amines) is 1. The van der Waals surface area contributed by atoms with Gasteiger partial charge in [0.2, 0.25) is 0 Å². The number of carbonyl (C=O) groups excluding carboxylic acids is 1. The Hall–Kier alpha value is -1.90. The number of piperidine rings is 1. The van der Waals surface area contributed by atoms with E-state index in [0.29, 0.717) is 6.54 Å². The van der Waals surface area contributed by atoms with Gasteiger partial charge in [-0.2, -0.15) is 13.2 Å². The molecular formula is C22H26ClF3N2O2S. The molecule has 1 N–H and O–H groups in total. The van der Waals surface area contributed by atoms with Gasteiger partial charge in [0.05, 0.1) is 23.8 Å². The first-order valence-corrected chi connectivity index (χ1v) is 10.8. The third kappa shape index (κ3) is 5.48. The predicted molar refractivity (Wildman–Crippen MR) is 119 cm³/mol. The second-order valence-electron chi connectivity index (χ2n) is 7.50. The zero-order valence-electron chi connectivity index (χ0n) is 17.6. The molecule has 2 aromatic carbocycles. The van der Waals surface area contributed by atoms with Gasteiger partial charge in [0.25, 0.3) is 5.91 Å². The van der Waals surface area contributed by atoms with Crippen LogP contribution < -0.4 is 10.1 Å². The van der Waals surface area contributed by atoms with Crippen molar-refractivity contribution in [1.29, 1.82) is 0 Å². The lowest BCUT2D eigenvalue weighted by Gasteiger charge is -2.42. The van der Waals surface area contributed by atoms with Gasteiger partial charge in [0.1, 0.15) is 5.75 Å². The van der Waals surface area contributed by atoms with Crippen LogP contribution in [0.4, 0.5) is 13.2 Å². The van der Waals surface area contributed by atoms with Gasteiger partial charge in [-0.05, 0) is 50.4 Å². The van der Waals surface area contributed by atoms with Crippen molar-refractivity contribution in [2.75, 3.05) is 33.5 Å². The molecule has 0 aliphatic carbocycles. The number of nitrogens with zero attached hydrogens (tertiary/aromatic N) is 1. The van der Waals surface area contributed by atoms with Crippen molar-refractivity contribution in [2.45, 2.75) is 29.5 Å². The number of rotatable bonds is 5. The summed E-state index contributed by atoms with van der Waals surface area (Å²) in [6.45, 7) is 1.53. The molecule has 0 saturated carbocycles. The van der Waals surface area contributed by atoms with Crippen LogP contribution in [-0.2, 0) is 11.7 Å². The van der Waals surface area contributed by atoms with E-state index in [-0.39, 0.29) is 28.6 Å². The van der Waals surface area contributed by atoms with E-state index in [1.807, 2.05) is 37.4 Å². The molecular weight excluding hydrogens is 449 g/mol. The first-order chi connectivity index (χ1) is 14.2. The molecule has 1 atom stereocenters. The molecule has 3 rings (SSSR count). The zero-order chi connectivity index (χ0) is 21.9. The summed E-state index contributed by atoms with van der Waals surface area (Å²) in [5, 5.41) is 3.15. The van der Waals surface area contributed by atoms with Crippen molar-refractivity contribution in [1.82, 2.24) is 10.2 Å². The second kappa shape index (κ2) is 10.1. The quantitative estimate of drug-likeness (QED) is 0.604. The van der Waals surface area contributed by atoms with Gasteiger partial charge in [-0.1, -0.05) is 30.3 Å². The lowest BCUT2D eigenvalue weighted by molar-refractivity contribution is -0.137. The molecule has 1 heterocycles. The highest BCUT2D eigenvalue weighted by molar-refractivity contribution is 7.98. The van der Waals surface area contributed by atoms with Crippen molar-refractivity contribution in [3.05, 3.63) is 59.2 Å². The van der Waals surface area contributed by atoms with Gasteiger partial charge in [-0.3, -0.25) is 4.79 Å². The maximum Gasteiger partial charge on any atom is 0.416 e. The van der Waals surface area contributed by atoms with Crippen molar-refractivity contribution in [3.63, 3.8) is 0 Å². The molecule has 31 heavy (non-hydrogen) atoms. The fourth-order valence-electron chi connectivity index (χ4n) is 4.02. The molecule has 0 spiro atoms. The van der Waals surface area contributed by atoms with E-state index in [1.54, 1.807) is 6.26 Å². The summed E-state index contributed by atoms with van der Waals surface area (Å²) < 4.78 is 45.1. The van der Waals surface area contributed by atoms with Gasteiger partial charge in [-0.25, -0.2) is 0 Å². The molecule has 1 fully saturated rings. The van der Waals surface area contributed by atoms with E-state index in [9.17, 15) is 18.0 Å². The zero-order valence-corrected chi connectivity index (χ0v) is 19.2. The Morgan fingerprint density at radius 1 is 1.23 bits per heavy atom.